The molecule has 2 unspecified atom stereocenters. The molecule has 0 saturated heterocycles. The van der Waals surface area contributed by atoms with Crippen LogP contribution in [0.2, 0.25) is 6.04 Å². The third-order valence-corrected chi connectivity index (χ3v) is 7.53. The molecule has 0 aliphatic carbocycles. The van der Waals surface area contributed by atoms with Crippen LogP contribution in [0, 0.1) is 0 Å². The standard InChI is InChI=1S/C4H9Br3Si/c5-1-3(6)4(7)2-8/h3-4H,1-2H2,8H3. The first-order valence-electron chi connectivity index (χ1n) is 2.56. The van der Waals surface area contributed by atoms with Gasteiger partial charge >= 0.3 is 0 Å². The SMILES string of the molecule is [SiH3]CC(Br)C(Br)CBr. The molecular weight excluding hydrogens is 316 g/mol. The molecule has 0 aliphatic heterocycles. The Bertz CT molecular complexity index is 51.2. The van der Waals surface area contributed by atoms with E-state index < -0.39 is 0 Å². The van der Waals surface area contributed by atoms with Crippen LogP contribution in [0.5, 0.6) is 0 Å². The van der Waals surface area contributed by atoms with Crippen LogP contribution in [-0.2, 0) is 0 Å². The van der Waals surface area contributed by atoms with Gasteiger partial charge in [-0.2, -0.15) is 0 Å². The van der Waals surface area contributed by atoms with Crippen LogP contribution in [-0.4, -0.2) is 25.2 Å². The van der Waals surface area contributed by atoms with Gasteiger partial charge in [0.05, 0.1) is 0 Å². The van der Waals surface area contributed by atoms with Gasteiger partial charge in [-0.05, 0) is 0 Å². The predicted octanol–water partition coefficient (Wildman–Crippen LogP) is 1.69. The third kappa shape index (κ3) is 3.64. The Morgan fingerprint density at radius 1 is 1.25 bits per heavy atom. The highest BCUT2D eigenvalue weighted by molar-refractivity contribution is 9.13. The summed E-state index contributed by atoms with van der Waals surface area (Å²) >= 11 is 10.5. The second-order valence-corrected chi connectivity index (χ2v) is 5.41. The van der Waals surface area contributed by atoms with Gasteiger partial charge in [-0.1, -0.05) is 53.8 Å². The number of alkyl halides is 3. The summed E-state index contributed by atoms with van der Waals surface area (Å²) in [4.78, 5) is 1.26. The second-order valence-electron chi connectivity index (χ2n) is 1.59. The van der Waals surface area contributed by atoms with Crippen molar-refractivity contribution in [1.82, 2.24) is 0 Å². The number of rotatable bonds is 3. The summed E-state index contributed by atoms with van der Waals surface area (Å²) in [7, 11) is 1.28. The van der Waals surface area contributed by atoms with Crippen LogP contribution >= 0.6 is 47.8 Å². The number of halogens is 3. The summed E-state index contributed by atoms with van der Waals surface area (Å²) in [6.07, 6.45) is 0. The molecule has 0 amide bonds. The molecule has 0 rings (SSSR count). The summed E-state index contributed by atoms with van der Waals surface area (Å²) in [6, 6.07) is 1.31. The number of hydrogen-bond donors (Lipinski definition) is 0. The van der Waals surface area contributed by atoms with Gasteiger partial charge < -0.3 is 0 Å². The second kappa shape index (κ2) is 5.44. The number of hydrogen-bond acceptors (Lipinski definition) is 0. The van der Waals surface area contributed by atoms with Crippen molar-refractivity contribution in [2.75, 3.05) is 5.33 Å². The van der Waals surface area contributed by atoms with Gasteiger partial charge in [0.25, 0.3) is 0 Å². The molecule has 0 aromatic rings. The van der Waals surface area contributed by atoms with E-state index in [1.54, 1.807) is 0 Å². The highest BCUT2D eigenvalue weighted by Gasteiger charge is 2.10. The van der Waals surface area contributed by atoms with Crippen LogP contribution in [0.25, 0.3) is 0 Å². The maximum absolute atomic E-state index is 3.56. The maximum Gasteiger partial charge on any atom is 0.0364 e. The summed E-state index contributed by atoms with van der Waals surface area (Å²) in [5.74, 6) is 0. The molecule has 8 heavy (non-hydrogen) atoms. The average Bonchev–Trinajstić information content (AvgIpc) is 1.84. The molecule has 2 atom stereocenters. The Hall–Kier alpha value is 1.66. The molecule has 4 heteroatoms. The van der Waals surface area contributed by atoms with Crippen LogP contribution in [0.4, 0.5) is 0 Å². The monoisotopic (exact) mass is 322 g/mol. The molecule has 0 N–H and O–H groups in total. The quantitative estimate of drug-likeness (QED) is 0.547. The molecule has 0 aromatic heterocycles. The zero-order valence-corrected chi connectivity index (χ0v) is 11.5. The molecule has 50 valence electrons. The zero-order valence-electron chi connectivity index (χ0n) is 4.70. The average molecular weight is 325 g/mol. The smallest absolute Gasteiger partial charge is 0.0364 e. The summed E-state index contributed by atoms with van der Waals surface area (Å²) < 4.78 is 0. The van der Waals surface area contributed by atoms with E-state index in [9.17, 15) is 0 Å². The van der Waals surface area contributed by atoms with Crippen LogP contribution in [0.1, 0.15) is 0 Å². The Morgan fingerprint density at radius 3 is 1.88 bits per heavy atom. The van der Waals surface area contributed by atoms with E-state index >= 15 is 0 Å². The summed E-state index contributed by atoms with van der Waals surface area (Å²) in [5.41, 5.74) is 0. The minimum absolute atomic E-state index is 0.597. The van der Waals surface area contributed by atoms with Crippen LogP contribution in [0.3, 0.4) is 0 Å². The first-order chi connectivity index (χ1) is 3.72. The first-order valence-corrected chi connectivity index (χ1v) is 6.93. The summed E-state index contributed by atoms with van der Waals surface area (Å²) in [5, 5.41) is 1.03. The molecule has 0 spiro atoms. The van der Waals surface area contributed by atoms with E-state index in [1.165, 1.54) is 16.3 Å². The first kappa shape index (κ1) is 9.66. The van der Waals surface area contributed by atoms with Crippen LogP contribution in [0.15, 0.2) is 0 Å². The van der Waals surface area contributed by atoms with E-state index in [2.05, 4.69) is 47.8 Å². The molecule has 0 saturated carbocycles. The van der Waals surface area contributed by atoms with Gasteiger partial charge in [0.2, 0.25) is 0 Å². The Morgan fingerprint density at radius 2 is 1.75 bits per heavy atom. The fraction of sp³-hybridized carbons (Fsp3) is 1.00. The molecule has 0 fully saturated rings. The minimum Gasteiger partial charge on any atom is -0.0916 e. The Labute approximate surface area is 78.6 Å². The lowest BCUT2D eigenvalue weighted by molar-refractivity contribution is 0.973. The van der Waals surface area contributed by atoms with E-state index in [-0.39, 0.29) is 0 Å². The lowest BCUT2D eigenvalue weighted by Crippen LogP contribution is -2.13. The van der Waals surface area contributed by atoms with Crippen molar-refractivity contribution in [2.45, 2.75) is 15.7 Å². The normalized spacial score (nSPS) is 18.4. The third-order valence-electron chi connectivity index (χ3n) is 0.930. The molecule has 0 aliphatic rings. The van der Waals surface area contributed by atoms with Crippen molar-refractivity contribution >= 4 is 58.0 Å². The highest BCUT2D eigenvalue weighted by Crippen LogP contribution is 2.18. The minimum atomic E-state index is 0.597. The van der Waals surface area contributed by atoms with Crippen molar-refractivity contribution < 1.29 is 0 Å². The van der Waals surface area contributed by atoms with Gasteiger partial charge in [-0.15, -0.1) is 0 Å². The van der Waals surface area contributed by atoms with Gasteiger partial charge in [0.15, 0.2) is 0 Å². The van der Waals surface area contributed by atoms with Gasteiger partial charge in [0.1, 0.15) is 0 Å². The molecule has 0 radical (unpaired) electrons. The van der Waals surface area contributed by atoms with Crippen molar-refractivity contribution in [2.24, 2.45) is 0 Å². The fourth-order valence-electron chi connectivity index (χ4n) is 0.352. The lowest BCUT2D eigenvalue weighted by Gasteiger charge is -2.10. The fourth-order valence-corrected chi connectivity index (χ4v) is 3.13. The highest BCUT2D eigenvalue weighted by atomic mass is 79.9. The van der Waals surface area contributed by atoms with Gasteiger partial charge in [0, 0.05) is 25.2 Å². The van der Waals surface area contributed by atoms with Crippen molar-refractivity contribution in [3.05, 3.63) is 0 Å². The summed E-state index contributed by atoms with van der Waals surface area (Å²) in [6.45, 7) is 0. The topological polar surface area (TPSA) is 0 Å². The molecule has 0 heterocycles. The van der Waals surface area contributed by atoms with E-state index in [0.29, 0.717) is 9.65 Å². The van der Waals surface area contributed by atoms with Gasteiger partial charge in [-0.3, -0.25) is 0 Å². The largest absolute Gasteiger partial charge is 0.0916 e. The molecule has 0 nitrogen and oxygen atoms in total. The van der Waals surface area contributed by atoms with Crippen LogP contribution < -0.4 is 0 Å². The van der Waals surface area contributed by atoms with Crippen molar-refractivity contribution in [3.8, 4) is 0 Å². The molecular formula is C4H9Br3Si. The van der Waals surface area contributed by atoms with E-state index in [1.807, 2.05) is 0 Å². The van der Waals surface area contributed by atoms with Crippen molar-refractivity contribution in [3.63, 3.8) is 0 Å². The lowest BCUT2D eigenvalue weighted by atomic mass is 10.4. The van der Waals surface area contributed by atoms with E-state index in [0.717, 1.165) is 5.33 Å². The Balaban J connectivity index is 3.29. The predicted molar refractivity (Wildman–Crippen MR) is 54.0 cm³/mol. The molecule has 0 bridgehead atoms. The maximum atomic E-state index is 3.56. The molecule has 0 aromatic carbocycles. The van der Waals surface area contributed by atoms with E-state index in [4.69, 9.17) is 0 Å². The van der Waals surface area contributed by atoms with Crippen molar-refractivity contribution in [1.29, 1.82) is 0 Å². The zero-order chi connectivity index (χ0) is 6.57. The Kier molecular flexibility index (Phi) is 6.57. The van der Waals surface area contributed by atoms with Gasteiger partial charge in [-0.25, -0.2) is 0 Å².